The standard InChI is InChI=1S/C24H20O4S2/c1-27-15-9-5-3-7-13(15)17-18(14-8-4-6-10-16(14)28-2)20-19(17)22(25)21(23(20)26)24-29-11-12-30-24/h3-12,17-20H,1-2H3/t17-,18+,19+,20-. The number of Topliss-reactive ketones (excluding diaryl/α,β-unsaturated/α-hetero) is 2. The summed E-state index contributed by atoms with van der Waals surface area (Å²) >= 11 is 2.92. The van der Waals surface area contributed by atoms with Gasteiger partial charge in [-0.1, -0.05) is 59.9 Å². The first-order valence-corrected chi connectivity index (χ1v) is 11.5. The number of thioether (sulfide) groups is 2. The maximum absolute atomic E-state index is 13.5. The zero-order chi connectivity index (χ0) is 20.8. The Bertz CT molecular complexity index is 1020. The Morgan fingerprint density at radius 2 is 1.10 bits per heavy atom. The summed E-state index contributed by atoms with van der Waals surface area (Å²) in [6.07, 6.45) is 0. The van der Waals surface area contributed by atoms with Crippen molar-refractivity contribution in [3.8, 4) is 11.5 Å². The molecule has 0 N–H and O–H groups in total. The number of rotatable bonds is 4. The van der Waals surface area contributed by atoms with Gasteiger partial charge in [-0.05, 0) is 34.1 Å². The summed E-state index contributed by atoms with van der Waals surface area (Å²) < 4.78 is 12.0. The van der Waals surface area contributed by atoms with Crippen LogP contribution in [-0.2, 0) is 9.59 Å². The summed E-state index contributed by atoms with van der Waals surface area (Å²) in [6.45, 7) is 0. The van der Waals surface area contributed by atoms with Gasteiger partial charge in [0.05, 0.1) is 24.0 Å². The number of para-hydroxylation sites is 2. The number of allylic oxidation sites excluding steroid dienone is 1. The number of carbonyl (C=O) groups is 2. The molecular formula is C24H20O4S2. The van der Waals surface area contributed by atoms with E-state index in [-0.39, 0.29) is 35.2 Å². The van der Waals surface area contributed by atoms with Crippen molar-refractivity contribution >= 4 is 35.1 Å². The number of methoxy groups -OCH3 is 2. The molecule has 30 heavy (non-hydrogen) atoms. The Kier molecular flexibility index (Phi) is 4.99. The zero-order valence-electron chi connectivity index (χ0n) is 16.5. The minimum atomic E-state index is -0.368. The molecule has 6 heteroatoms. The van der Waals surface area contributed by atoms with E-state index in [1.807, 2.05) is 59.3 Å². The third kappa shape index (κ3) is 2.77. The fourth-order valence-corrected chi connectivity index (χ4v) is 6.92. The number of ether oxygens (including phenoxy) is 2. The Labute approximate surface area is 183 Å². The molecular weight excluding hydrogens is 416 g/mol. The van der Waals surface area contributed by atoms with Gasteiger partial charge in [0.1, 0.15) is 11.5 Å². The monoisotopic (exact) mass is 436 g/mol. The predicted octanol–water partition coefficient (Wildman–Crippen LogP) is 5.13. The minimum absolute atomic E-state index is 0.0363. The molecule has 2 aliphatic carbocycles. The summed E-state index contributed by atoms with van der Waals surface area (Å²) in [5.41, 5.74) is 2.31. The molecule has 0 saturated heterocycles. The molecule has 4 nitrogen and oxygen atoms in total. The van der Waals surface area contributed by atoms with E-state index in [1.54, 1.807) is 14.2 Å². The number of fused-ring (bicyclic) bond motifs is 1. The molecule has 0 spiro atoms. The van der Waals surface area contributed by atoms with Crippen LogP contribution >= 0.6 is 23.5 Å². The lowest BCUT2D eigenvalue weighted by atomic mass is 9.53. The average Bonchev–Trinajstić information content (AvgIpc) is 3.34. The van der Waals surface area contributed by atoms with Crippen molar-refractivity contribution in [2.24, 2.45) is 11.8 Å². The summed E-state index contributed by atoms with van der Waals surface area (Å²) in [6, 6.07) is 15.6. The smallest absolute Gasteiger partial charge is 0.172 e. The Hall–Kier alpha value is -2.44. The van der Waals surface area contributed by atoms with Crippen molar-refractivity contribution in [3.05, 3.63) is 80.3 Å². The van der Waals surface area contributed by atoms with Gasteiger partial charge in [-0.25, -0.2) is 0 Å². The van der Waals surface area contributed by atoms with Crippen LogP contribution in [0.15, 0.2) is 69.2 Å². The molecule has 152 valence electrons. The van der Waals surface area contributed by atoms with Gasteiger partial charge in [0.15, 0.2) is 11.6 Å². The SMILES string of the molecule is COc1ccccc1[C@@H]1[C@H]2C(=O)C(=C3SC=CS3)C(=O)[C@H]2[C@@H]1c1ccccc1OC. The van der Waals surface area contributed by atoms with Gasteiger partial charge < -0.3 is 9.47 Å². The number of hydrogen-bond donors (Lipinski definition) is 0. The van der Waals surface area contributed by atoms with E-state index in [2.05, 4.69) is 0 Å². The van der Waals surface area contributed by atoms with Gasteiger partial charge >= 0.3 is 0 Å². The van der Waals surface area contributed by atoms with Gasteiger partial charge in [-0.2, -0.15) is 0 Å². The van der Waals surface area contributed by atoms with Gasteiger partial charge in [-0.3, -0.25) is 9.59 Å². The summed E-state index contributed by atoms with van der Waals surface area (Å²) in [5.74, 6) is 0.405. The highest BCUT2D eigenvalue weighted by Gasteiger charge is 2.65. The van der Waals surface area contributed by atoms with Crippen LogP contribution in [0.2, 0.25) is 0 Å². The first-order valence-electron chi connectivity index (χ1n) is 9.74. The van der Waals surface area contributed by atoms with E-state index in [9.17, 15) is 9.59 Å². The van der Waals surface area contributed by atoms with E-state index >= 15 is 0 Å². The van der Waals surface area contributed by atoms with Gasteiger partial charge in [-0.15, -0.1) is 0 Å². The predicted molar refractivity (Wildman–Crippen MR) is 120 cm³/mol. The van der Waals surface area contributed by atoms with E-state index in [1.165, 1.54) is 23.5 Å². The number of carbonyl (C=O) groups excluding carboxylic acids is 2. The number of ketones is 2. The van der Waals surface area contributed by atoms with Crippen LogP contribution in [0.25, 0.3) is 0 Å². The average molecular weight is 437 g/mol. The molecule has 0 aromatic heterocycles. The highest BCUT2D eigenvalue weighted by atomic mass is 32.2. The summed E-state index contributed by atoms with van der Waals surface area (Å²) in [7, 11) is 3.28. The van der Waals surface area contributed by atoms with E-state index in [4.69, 9.17) is 9.47 Å². The van der Waals surface area contributed by atoms with Crippen LogP contribution in [-0.4, -0.2) is 25.8 Å². The molecule has 2 aromatic carbocycles. The Morgan fingerprint density at radius 3 is 1.53 bits per heavy atom. The second-order valence-electron chi connectivity index (χ2n) is 7.49. The lowest BCUT2D eigenvalue weighted by Gasteiger charge is -2.47. The van der Waals surface area contributed by atoms with E-state index < -0.39 is 0 Å². The molecule has 0 amide bonds. The lowest BCUT2D eigenvalue weighted by molar-refractivity contribution is -0.127. The molecule has 1 aliphatic heterocycles. The molecule has 0 bridgehead atoms. The number of hydrogen-bond acceptors (Lipinski definition) is 6. The molecule has 0 radical (unpaired) electrons. The van der Waals surface area contributed by atoms with Crippen molar-refractivity contribution in [1.29, 1.82) is 0 Å². The van der Waals surface area contributed by atoms with Gasteiger partial charge in [0.25, 0.3) is 0 Å². The maximum Gasteiger partial charge on any atom is 0.172 e. The molecule has 0 unspecified atom stereocenters. The van der Waals surface area contributed by atoms with Crippen molar-refractivity contribution in [2.45, 2.75) is 11.8 Å². The highest BCUT2D eigenvalue weighted by Crippen LogP contribution is 2.65. The molecule has 3 aliphatic rings. The first kappa shape index (κ1) is 19.5. The van der Waals surface area contributed by atoms with Gasteiger partial charge in [0.2, 0.25) is 0 Å². The fourth-order valence-electron chi connectivity index (χ4n) is 5.04. The van der Waals surface area contributed by atoms with E-state index in [0.29, 0.717) is 5.57 Å². The van der Waals surface area contributed by atoms with Crippen molar-refractivity contribution in [3.63, 3.8) is 0 Å². The third-order valence-corrected chi connectivity index (χ3v) is 8.38. The summed E-state index contributed by atoms with van der Waals surface area (Å²) in [4.78, 5) is 26.9. The largest absolute Gasteiger partial charge is 0.496 e. The topological polar surface area (TPSA) is 52.6 Å². The normalized spacial score (nSPS) is 27.3. The van der Waals surface area contributed by atoms with Crippen LogP contribution in [0.1, 0.15) is 23.0 Å². The van der Waals surface area contributed by atoms with Crippen molar-refractivity contribution in [1.82, 2.24) is 0 Å². The second kappa shape index (κ2) is 7.67. The van der Waals surface area contributed by atoms with Crippen molar-refractivity contribution in [2.75, 3.05) is 14.2 Å². The highest BCUT2D eigenvalue weighted by molar-refractivity contribution is 8.27. The lowest BCUT2D eigenvalue weighted by Crippen LogP contribution is -2.45. The Balaban J connectivity index is 1.67. The molecule has 5 rings (SSSR count). The van der Waals surface area contributed by atoms with Crippen LogP contribution in [0.5, 0.6) is 11.5 Å². The Morgan fingerprint density at radius 1 is 0.667 bits per heavy atom. The van der Waals surface area contributed by atoms with Crippen LogP contribution < -0.4 is 9.47 Å². The molecule has 1 heterocycles. The molecule has 2 aromatic rings. The number of benzene rings is 2. The third-order valence-electron chi connectivity index (χ3n) is 6.25. The molecule has 2 saturated carbocycles. The maximum atomic E-state index is 13.5. The minimum Gasteiger partial charge on any atom is -0.496 e. The van der Waals surface area contributed by atoms with Crippen LogP contribution in [0.4, 0.5) is 0 Å². The van der Waals surface area contributed by atoms with Crippen molar-refractivity contribution < 1.29 is 19.1 Å². The quantitative estimate of drug-likeness (QED) is 0.489. The summed E-state index contributed by atoms with van der Waals surface area (Å²) in [5, 5.41) is 3.84. The van der Waals surface area contributed by atoms with E-state index in [0.717, 1.165) is 26.9 Å². The fraction of sp³-hybridized carbons (Fsp3) is 0.250. The van der Waals surface area contributed by atoms with Crippen LogP contribution in [0.3, 0.4) is 0 Å². The first-order chi connectivity index (χ1) is 14.7. The van der Waals surface area contributed by atoms with Crippen LogP contribution in [0, 0.1) is 11.8 Å². The molecule has 2 fully saturated rings. The molecule has 4 atom stereocenters. The van der Waals surface area contributed by atoms with Gasteiger partial charge in [0, 0.05) is 23.7 Å². The second-order valence-corrected chi connectivity index (χ2v) is 9.58. The zero-order valence-corrected chi connectivity index (χ0v) is 18.2.